The van der Waals surface area contributed by atoms with Crippen LogP contribution in [0.1, 0.15) is 47.3 Å². The zero-order valence-corrected chi connectivity index (χ0v) is 23.4. The third kappa shape index (κ3) is 5.49. The van der Waals surface area contributed by atoms with Crippen LogP contribution in [0, 0.1) is 17.8 Å². The predicted octanol–water partition coefficient (Wildman–Crippen LogP) is 5.97. The highest BCUT2D eigenvalue weighted by Gasteiger charge is 2.69. The molecule has 3 N–H and O–H groups in total. The molecule has 0 saturated heterocycles. The Balaban J connectivity index is 1.19. The summed E-state index contributed by atoms with van der Waals surface area (Å²) in [5.41, 5.74) is 2.82. The van der Waals surface area contributed by atoms with Crippen molar-refractivity contribution < 1.29 is 9.59 Å². The fourth-order valence-corrected chi connectivity index (χ4v) is 6.64. The van der Waals surface area contributed by atoms with Crippen LogP contribution in [0.3, 0.4) is 0 Å². The Morgan fingerprint density at radius 1 is 1.14 bits per heavy atom. The Morgan fingerprint density at radius 3 is 2.54 bits per heavy atom. The second-order valence-corrected chi connectivity index (χ2v) is 11.8. The minimum atomic E-state index is -0.339. The first-order chi connectivity index (χ1) is 17.7. The van der Waals surface area contributed by atoms with Crippen LogP contribution in [0.15, 0.2) is 47.1 Å². The van der Waals surface area contributed by atoms with Gasteiger partial charge in [0.2, 0.25) is 0 Å². The van der Waals surface area contributed by atoms with Gasteiger partial charge in [0.25, 0.3) is 5.91 Å². The summed E-state index contributed by atoms with van der Waals surface area (Å²) in [7, 11) is 0. The van der Waals surface area contributed by atoms with Crippen LogP contribution in [0.2, 0.25) is 10.0 Å². The Labute approximate surface area is 233 Å². The van der Waals surface area contributed by atoms with Crippen LogP contribution >= 0.6 is 39.1 Å². The van der Waals surface area contributed by atoms with Gasteiger partial charge >= 0.3 is 6.03 Å². The lowest BCUT2D eigenvalue weighted by Gasteiger charge is -2.33. The van der Waals surface area contributed by atoms with Crippen LogP contribution < -0.4 is 16.0 Å². The highest BCUT2D eigenvalue weighted by Crippen LogP contribution is 2.74. The van der Waals surface area contributed by atoms with Crippen molar-refractivity contribution in [2.24, 2.45) is 10.8 Å². The normalized spacial score (nSPS) is 19.2. The Kier molecular flexibility index (Phi) is 7.22. The van der Waals surface area contributed by atoms with Crippen LogP contribution in [0.25, 0.3) is 0 Å². The van der Waals surface area contributed by atoms with Gasteiger partial charge in [-0.3, -0.25) is 9.48 Å². The molecular weight excluding hydrogens is 579 g/mol. The number of aromatic nitrogens is 3. The molecule has 0 bridgehead atoms. The molecule has 2 fully saturated rings. The number of amides is 3. The summed E-state index contributed by atoms with van der Waals surface area (Å²) >= 11 is 15.7. The number of hydrogen-bond donors (Lipinski definition) is 3. The first-order valence-electron chi connectivity index (χ1n) is 12.1. The van der Waals surface area contributed by atoms with Crippen LogP contribution in [-0.2, 0) is 13.1 Å². The second kappa shape index (κ2) is 10.3. The predicted molar refractivity (Wildman–Crippen MR) is 147 cm³/mol. The van der Waals surface area contributed by atoms with Gasteiger partial charge < -0.3 is 16.0 Å². The number of aryl methyl sites for hydroxylation is 1. The number of carbonyl (C=O) groups is 2. The molecule has 0 aliphatic heterocycles. The van der Waals surface area contributed by atoms with Crippen molar-refractivity contribution in [3.8, 4) is 0 Å². The summed E-state index contributed by atoms with van der Waals surface area (Å²) in [5.74, 6) is -0.161. The van der Waals surface area contributed by atoms with E-state index in [0.29, 0.717) is 40.1 Å². The summed E-state index contributed by atoms with van der Waals surface area (Å²) in [6.07, 6.45) is 6.43. The van der Waals surface area contributed by atoms with E-state index in [9.17, 15) is 9.59 Å². The van der Waals surface area contributed by atoms with Gasteiger partial charge in [-0.15, -0.1) is 5.10 Å². The maximum atomic E-state index is 13.0. The Bertz CT molecular complexity index is 1320. The van der Waals surface area contributed by atoms with Gasteiger partial charge in [0.15, 0.2) is 0 Å². The Morgan fingerprint density at radius 2 is 1.89 bits per heavy atom. The zero-order chi connectivity index (χ0) is 26.2. The lowest BCUT2D eigenvalue weighted by molar-refractivity contribution is 0.0923. The lowest BCUT2D eigenvalue weighted by Crippen LogP contribution is -2.38. The van der Waals surface area contributed by atoms with Crippen molar-refractivity contribution in [1.29, 1.82) is 0 Å². The molecule has 8 nitrogen and oxygen atoms in total. The molecule has 1 unspecified atom stereocenters. The Hall–Kier alpha value is -2.62. The molecule has 2 aromatic carbocycles. The van der Waals surface area contributed by atoms with Crippen molar-refractivity contribution in [3.05, 3.63) is 73.9 Å². The van der Waals surface area contributed by atoms with E-state index in [0.717, 1.165) is 29.3 Å². The van der Waals surface area contributed by atoms with Gasteiger partial charge in [-0.05, 0) is 73.6 Å². The number of halogens is 3. The van der Waals surface area contributed by atoms with E-state index in [1.807, 2.05) is 23.9 Å². The first kappa shape index (κ1) is 26.0. The van der Waals surface area contributed by atoms with Gasteiger partial charge in [-0.2, -0.15) is 0 Å². The average Bonchev–Trinajstić information content (AvgIpc) is 3.29. The molecule has 1 atom stereocenters. The third-order valence-corrected chi connectivity index (χ3v) is 8.64. The summed E-state index contributed by atoms with van der Waals surface area (Å²) in [5, 5.41) is 18.3. The summed E-state index contributed by atoms with van der Waals surface area (Å²) in [6, 6.07) is 10.2. The van der Waals surface area contributed by atoms with Crippen molar-refractivity contribution in [1.82, 2.24) is 25.6 Å². The van der Waals surface area contributed by atoms with E-state index < -0.39 is 0 Å². The lowest BCUT2D eigenvalue weighted by atomic mass is 9.75. The standard InChI is InChI=1S/C26H27BrCl2N6O2/c1-16-9-17(27)10-21(29)22(16)23(36)31-14-26(13-25(26)7-2-8-25)15-35-12-20(33-34-35)11-30-24(37)32-19-5-3-18(28)4-6-19/h3-6,9-10,12H,2,7-8,11,13-15H2,1H3,(H,31,36)(H2,30,32,37). The topological polar surface area (TPSA) is 101 Å². The molecule has 2 aliphatic carbocycles. The van der Waals surface area contributed by atoms with Crippen molar-refractivity contribution in [3.63, 3.8) is 0 Å². The fraction of sp³-hybridized carbons (Fsp3) is 0.385. The van der Waals surface area contributed by atoms with E-state index in [4.69, 9.17) is 23.2 Å². The molecule has 37 heavy (non-hydrogen) atoms. The van der Waals surface area contributed by atoms with Crippen molar-refractivity contribution >= 4 is 56.8 Å². The van der Waals surface area contributed by atoms with E-state index >= 15 is 0 Å². The third-order valence-electron chi connectivity index (χ3n) is 7.64. The van der Waals surface area contributed by atoms with Crippen LogP contribution in [-0.4, -0.2) is 33.5 Å². The molecule has 1 heterocycles. The molecule has 0 radical (unpaired) electrons. The minimum absolute atomic E-state index is 0.0684. The van der Waals surface area contributed by atoms with Crippen LogP contribution in [0.4, 0.5) is 10.5 Å². The fourth-order valence-electron chi connectivity index (χ4n) is 5.46. The largest absolute Gasteiger partial charge is 0.351 e. The molecule has 1 spiro atoms. The van der Waals surface area contributed by atoms with Crippen molar-refractivity contribution in [2.75, 3.05) is 11.9 Å². The molecule has 5 rings (SSSR count). The molecule has 2 aliphatic rings. The van der Waals surface area contributed by atoms with E-state index in [1.54, 1.807) is 30.3 Å². The number of anilines is 1. The SMILES string of the molecule is Cc1cc(Br)cc(Cl)c1C(=O)NCC1(Cn2cc(CNC(=O)Nc3ccc(Cl)cc3)nn2)CC12CCC2. The van der Waals surface area contributed by atoms with Gasteiger partial charge in [0, 0.05) is 27.1 Å². The number of benzene rings is 2. The number of rotatable bonds is 8. The highest BCUT2D eigenvalue weighted by molar-refractivity contribution is 9.10. The molecule has 194 valence electrons. The molecule has 2 saturated carbocycles. The van der Waals surface area contributed by atoms with E-state index in [2.05, 4.69) is 42.2 Å². The summed E-state index contributed by atoms with van der Waals surface area (Å²) < 4.78 is 2.67. The van der Waals surface area contributed by atoms with E-state index in [-0.39, 0.29) is 29.3 Å². The summed E-state index contributed by atoms with van der Waals surface area (Å²) in [4.78, 5) is 25.3. The minimum Gasteiger partial charge on any atom is -0.351 e. The second-order valence-electron chi connectivity index (χ2n) is 10.1. The van der Waals surface area contributed by atoms with Gasteiger partial charge in [0.05, 0.1) is 29.9 Å². The molecule has 3 aromatic rings. The number of urea groups is 1. The number of nitrogens with one attached hydrogen (secondary N) is 3. The van der Waals surface area contributed by atoms with Crippen molar-refractivity contribution in [2.45, 2.75) is 45.7 Å². The molecule has 1 aromatic heterocycles. The van der Waals surface area contributed by atoms with Gasteiger partial charge in [0.1, 0.15) is 5.69 Å². The number of carbonyl (C=O) groups excluding carboxylic acids is 2. The number of nitrogens with zero attached hydrogens (tertiary/aromatic N) is 3. The molecular formula is C26H27BrCl2N6O2. The number of hydrogen-bond acceptors (Lipinski definition) is 4. The first-order valence-corrected chi connectivity index (χ1v) is 13.7. The highest BCUT2D eigenvalue weighted by atomic mass is 79.9. The molecule has 11 heteroatoms. The maximum absolute atomic E-state index is 13.0. The summed E-state index contributed by atoms with van der Waals surface area (Å²) in [6.45, 7) is 3.33. The monoisotopic (exact) mass is 604 g/mol. The molecule has 3 amide bonds. The zero-order valence-electron chi connectivity index (χ0n) is 20.3. The smallest absolute Gasteiger partial charge is 0.319 e. The van der Waals surface area contributed by atoms with E-state index in [1.165, 1.54) is 6.42 Å². The van der Waals surface area contributed by atoms with Gasteiger partial charge in [-0.1, -0.05) is 50.8 Å². The quantitative estimate of drug-likeness (QED) is 0.294. The van der Waals surface area contributed by atoms with Crippen LogP contribution in [0.5, 0.6) is 0 Å². The maximum Gasteiger partial charge on any atom is 0.319 e. The van der Waals surface area contributed by atoms with Gasteiger partial charge in [-0.25, -0.2) is 4.79 Å². The average molecular weight is 606 g/mol.